The third-order valence-corrected chi connectivity index (χ3v) is 6.14. The number of aliphatic hydroxyl groups excluding tert-OH is 1. The molecule has 0 aliphatic heterocycles. The van der Waals surface area contributed by atoms with Gasteiger partial charge in [0, 0.05) is 32.6 Å². The first-order valence-electron chi connectivity index (χ1n) is 8.48. The van der Waals surface area contributed by atoms with Crippen molar-refractivity contribution in [1.82, 2.24) is 10.3 Å². The molecule has 142 valence electrons. The van der Waals surface area contributed by atoms with Crippen LogP contribution in [0, 0.1) is 13.8 Å². The molecule has 2 aromatic carbocycles. The largest absolute Gasteiger partial charge is 0.490 e. The first kappa shape index (κ1) is 19.9. The minimum Gasteiger partial charge on any atom is -0.490 e. The normalized spacial score (nSPS) is 12.2. The molecule has 0 aliphatic rings. The molecular weight excluding hydrogens is 476 g/mol. The summed E-state index contributed by atoms with van der Waals surface area (Å²) in [5.41, 5.74) is 3.42. The van der Waals surface area contributed by atoms with E-state index in [1.165, 1.54) is 0 Å². The third-order valence-electron chi connectivity index (χ3n) is 4.29. The number of carbonyl (C=O) groups is 1. The minimum absolute atomic E-state index is 0.105. The zero-order valence-electron chi connectivity index (χ0n) is 15.0. The molecule has 27 heavy (non-hydrogen) atoms. The van der Waals surface area contributed by atoms with Gasteiger partial charge in [-0.05, 0) is 69.0 Å². The Bertz CT molecular complexity index is 965. The fourth-order valence-electron chi connectivity index (χ4n) is 2.88. The van der Waals surface area contributed by atoms with E-state index < -0.39 is 6.10 Å². The first-order valence-corrected chi connectivity index (χ1v) is 10.1. The van der Waals surface area contributed by atoms with Crippen LogP contribution in [-0.2, 0) is 0 Å². The molecular formula is C20H20Br2N2O3. The van der Waals surface area contributed by atoms with Crippen molar-refractivity contribution in [2.75, 3.05) is 13.2 Å². The Balaban J connectivity index is 1.60. The molecule has 0 aliphatic carbocycles. The van der Waals surface area contributed by atoms with Crippen molar-refractivity contribution in [3.05, 3.63) is 62.2 Å². The Morgan fingerprint density at radius 1 is 1.22 bits per heavy atom. The number of aromatic nitrogens is 1. The summed E-state index contributed by atoms with van der Waals surface area (Å²) in [5, 5.41) is 13.7. The molecule has 1 unspecified atom stereocenters. The van der Waals surface area contributed by atoms with Crippen molar-refractivity contribution < 1.29 is 14.6 Å². The number of aliphatic hydroxyl groups is 1. The summed E-state index contributed by atoms with van der Waals surface area (Å²) in [6.07, 6.45) is 0.859. The van der Waals surface area contributed by atoms with Crippen LogP contribution in [-0.4, -0.2) is 35.3 Å². The molecule has 0 fully saturated rings. The molecule has 0 bridgehead atoms. The number of benzene rings is 2. The van der Waals surface area contributed by atoms with Crippen molar-refractivity contribution in [3.63, 3.8) is 0 Å². The van der Waals surface area contributed by atoms with E-state index in [9.17, 15) is 9.90 Å². The smallest absolute Gasteiger partial charge is 0.253 e. The van der Waals surface area contributed by atoms with E-state index in [-0.39, 0.29) is 19.1 Å². The van der Waals surface area contributed by atoms with Crippen LogP contribution in [0.25, 0.3) is 10.9 Å². The van der Waals surface area contributed by atoms with Gasteiger partial charge in [0.15, 0.2) is 0 Å². The molecule has 3 aromatic rings. The quantitative estimate of drug-likeness (QED) is 0.472. The number of fused-ring (bicyclic) bond motifs is 1. The Kier molecular flexibility index (Phi) is 6.24. The van der Waals surface area contributed by atoms with Crippen LogP contribution >= 0.6 is 31.9 Å². The second-order valence-electron chi connectivity index (χ2n) is 6.41. The number of hydrogen-bond donors (Lipinski definition) is 3. The second-order valence-corrected chi connectivity index (χ2v) is 8.12. The van der Waals surface area contributed by atoms with Gasteiger partial charge in [0.25, 0.3) is 5.91 Å². The monoisotopic (exact) mass is 494 g/mol. The lowest BCUT2D eigenvalue weighted by atomic mass is 10.1. The maximum Gasteiger partial charge on any atom is 0.253 e. The van der Waals surface area contributed by atoms with Gasteiger partial charge in [-0.25, -0.2) is 0 Å². The van der Waals surface area contributed by atoms with Crippen molar-refractivity contribution in [1.29, 1.82) is 0 Å². The standard InChI is InChI=1S/C20H20Br2N2O3/c1-11-4-3-5-12(2)19(11)27-10-13(25)8-24-20(26)15-9-23-18-7-17(22)16(21)6-14(15)18/h3-7,9,13,23,25H,8,10H2,1-2H3,(H,24,26). The van der Waals surface area contributed by atoms with Gasteiger partial charge in [-0.3, -0.25) is 4.79 Å². The van der Waals surface area contributed by atoms with Gasteiger partial charge >= 0.3 is 0 Å². The summed E-state index contributed by atoms with van der Waals surface area (Å²) in [4.78, 5) is 15.6. The molecule has 3 N–H and O–H groups in total. The van der Waals surface area contributed by atoms with E-state index in [4.69, 9.17) is 4.74 Å². The zero-order chi connectivity index (χ0) is 19.6. The molecule has 5 nitrogen and oxygen atoms in total. The summed E-state index contributed by atoms with van der Waals surface area (Å²) in [7, 11) is 0. The highest BCUT2D eigenvalue weighted by atomic mass is 79.9. The Morgan fingerprint density at radius 3 is 2.59 bits per heavy atom. The summed E-state index contributed by atoms with van der Waals surface area (Å²) in [5.74, 6) is 0.525. The number of carbonyl (C=O) groups excluding carboxylic acids is 1. The summed E-state index contributed by atoms with van der Waals surface area (Å²) >= 11 is 6.90. The molecule has 0 saturated heterocycles. The van der Waals surface area contributed by atoms with Crippen molar-refractivity contribution in [2.24, 2.45) is 0 Å². The number of rotatable bonds is 6. The number of ether oxygens (including phenoxy) is 1. The first-order chi connectivity index (χ1) is 12.9. The molecule has 1 atom stereocenters. The fourth-order valence-corrected chi connectivity index (χ4v) is 3.56. The van der Waals surface area contributed by atoms with Gasteiger partial charge in [0.1, 0.15) is 18.5 Å². The topological polar surface area (TPSA) is 74.3 Å². The van der Waals surface area contributed by atoms with Gasteiger partial charge < -0.3 is 20.1 Å². The number of halogens is 2. The highest BCUT2D eigenvalue weighted by Gasteiger charge is 2.15. The van der Waals surface area contributed by atoms with Crippen LogP contribution < -0.4 is 10.1 Å². The summed E-state index contributed by atoms with van der Waals surface area (Å²) in [6, 6.07) is 9.68. The number of aromatic amines is 1. The number of amides is 1. The van der Waals surface area contributed by atoms with Gasteiger partial charge in [-0.15, -0.1) is 0 Å². The SMILES string of the molecule is Cc1cccc(C)c1OCC(O)CNC(=O)c1c[nH]c2cc(Br)c(Br)cc12. The van der Waals surface area contributed by atoms with Crippen LogP contribution in [0.2, 0.25) is 0 Å². The Morgan fingerprint density at radius 2 is 1.89 bits per heavy atom. The fraction of sp³-hybridized carbons (Fsp3) is 0.250. The highest BCUT2D eigenvalue weighted by Crippen LogP contribution is 2.30. The van der Waals surface area contributed by atoms with Gasteiger partial charge in [0.2, 0.25) is 0 Å². The lowest BCUT2D eigenvalue weighted by Gasteiger charge is -2.16. The summed E-state index contributed by atoms with van der Waals surface area (Å²) in [6.45, 7) is 4.14. The predicted molar refractivity (Wildman–Crippen MR) is 113 cm³/mol. The highest BCUT2D eigenvalue weighted by molar-refractivity contribution is 9.13. The maximum absolute atomic E-state index is 12.5. The summed E-state index contributed by atoms with van der Waals surface area (Å²) < 4.78 is 7.50. The van der Waals surface area contributed by atoms with E-state index in [2.05, 4.69) is 42.2 Å². The second kappa shape index (κ2) is 8.46. The molecule has 0 radical (unpaired) electrons. The number of aryl methyl sites for hydroxylation is 2. The van der Waals surface area contributed by atoms with Crippen molar-refractivity contribution in [2.45, 2.75) is 20.0 Å². The lowest BCUT2D eigenvalue weighted by Crippen LogP contribution is -2.35. The van der Waals surface area contributed by atoms with Crippen LogP contribution in [0.5, 0.6) is 5.75 Å². The Hall–Kier alpha value is -1.83. The maximum atomic E-state index is 12.5. The van der Waals surface area contributed by atoms with Crippen LogP contribution in [0.15, 0.2) is 45.5 Å². The molecule has 3 rings (SSSR count). The average Bonchev–Trinajstić information content (AvgIpc) is 3.02. The number of nitrogens with one attached hydrogen (secondary N) is 2. The van der Waals surface area contributed by atoms with E-state index in [0.29, 0.717) is 5.56 Å². The Labute approximate surface area is 174 Å². The number of H-pyrrole nitrogens is 1. The van der Waals surface area contributed by atoms with Crippen molar-refractivity contribution in [3.8, 4) is 5.75 Å². The van der Waals surface area contributed by atoms with Gasteiger partial charge in [-0.1, -0.05) is 18.2 Å². The molecule has 1 heterocycles. The molecule has 7 heteroatoms. The van der Waals surface area contributed by atoms with Crippen LogP contribution in [0.1, 0.15) is 21.5 Å². The van der Waals surface area contributed by atoms with Gasteiger partial charge in [0.05, 0.1) is 5.56 Å². The predicted octanol–water partition coefficient (Wildman–Crippen LogP) is 4.48. The van der Waals surface area contributed by atoms with E-state index in [1.54, 1.807) is 6.20 Å². The van der Waals surface area contributed by atoms with E-state index in [0.717, 1.165) is 36.7 Å². The van der Waals surface area contributed by atoms with Crippen LogP contribution in [0.3, 0.4) is 0 Å². The van der Waals surface area contributed by atoms with Gasteiger partial charge in [-0.2, -0.15) is 0 Å². The molecule has 1 aromatic heterocycles. The molecule has 0 saturated carbocycles. The third kappa shape index (κ3) is 4.54. The zero-order valence-corrected chi connectivity index (χ0v) is 18.1. The number of para-hydroxylation sites is 1. The van der Waals surface area contributed by atoms with Crippen LogP contribution in [0.4, 0.5) is 0 Å². The molecule has 0 spiro atoms. The lowest BCUT2D eigenvalue weighted by molar-refractivity contribution is 0.0843. The minimum atomic E-state index is -0.806. The number of hydrogen-bond acceptors (Lipinski definition) is 3. The average molecular weight is 496 g/mol. The van der Waals surface area contributed by atoms with E-state index >= 15 is 0 Å². The molecule has 1 amide bonds. The van der Waals surface area contributed by atoms with E-state index in [1.807, 2.05) is 44.2 Å². The van der Waals surface area contributed by atoms with Crippen molar-refractivity contribution >= 4 is 48.7 Å².